The van der Waals surface area contributed by atoms with Crippen molar-refractivity contribution in [3.8, 4) is 0 Å². The van der Waals surface area contributed by atoms with E-state index >= 15 is 0 Å². The Morgan fingerprint density at radius 3 is 2.62 bits per heavy atom. The number of thioether (sulfide) groups is 1. The Bertz CT molecular complexity index is 329. The van der Waals surface area contributed by atoms with Crippen molar-refractivity contribution in [2.45, 2.75) is 18.2 Å². The summed E-state index contributed by atoms with van der Waals surface area (Å²) >= 11 is 1.66. The van der Waals surface area contributed by atoms with Gasteiger partial charge >= 0.3 is 5.97 Å². The summed E-state index contributed by atoms with van der Waals surface area (Å²) in [5.74, 6) is 0.218. The van der Waals surface area contributed by atoms with Crippen LogP contribution in [0.5, 0.6) is 0 Å². The summed E-state index contributed by atoms with van der Waals surface area (Å²) in [6.45, 7) is 2.10. The first-order valence-corrected chi connectivity index (χ1v) is 6.20. The van der Waals surface area contributed by atoms with Crippen LogP contribution in [0.3, 0.4) is 0 Å². The van der Waals surface area contributed by atoms with Crippen LogP contribution in [-0.4, -0.2) is 24.9 Å². The Morgan fingerprint density at radius 2 is 2.06 bits per heavy atom. The number of rotatable bonds is 5. The monoisotopic (exact) mass is 239 g/mol. The summed E-state index contributed by atoms with van der Waals surface area (Å²) in [6.07, 6.45) is 0. The van der Waals surface area contributed by atoms with Crippen molar-refractivity contribution in [3.05, 3.63) is 35.9 Å². The van der Waals surface area contributed by atoms with E-state index in [-0.39, 0.29) is 5.97 Å². The predicted octanol–water partition coefficient (Wildman–Crippen LogP) is 1.98. The van der Waals surface area contributed by atoms with Crippen LogP contribution in [0.2, 0.25) is 0 Å². The molecule has 0 bridgehead atoms. The van der Waals surface area contributed by atoms with Crippen LogP contribution in [0.15, 0.2) is 30.3 Å². The Kier molecular flexibility index (Phi) is 5.35. The van der Waals surface area contributed by atoms with Crippen LogP contribution in [0.1, 0.15) is 17.7 Å². The molecule has 1 aromatic carbocycles. The molecule has 0 aliphatic heterocycles. The van der Waals surface area contributed by atoms with E-state index < -0.39 is 6.04 Å². The third kappa shape index (κ3) is 3.87. The first-order valence-electron chi connectivity index (χ1n) is 5.15. The van der Waals surface area contributed by atoms with Gasteiger partial charge in [0.1, 0.15) is 6.04 Å². The van der Waals surface area contributed by atoms with Gasteiger partial charge < -0.3 is 10.5 Å². The number of hydrogen-bond donors (Lipinski definition) is 1. The highest BCUT2D eigenvalue weighted by Crippen LogP contribution is 2.27. The minimum absolute atomic E-state index is 0.330. The molecule has 16 heavy (non-hydrogen) atoms. The maximum atomic E-state index is 11.1. The summed E-state index contributed by atoms with van der Waals surface area (Å²) in [4.78, 5) is 11.1. The Balaban J connectivity index is 2.41. The lowest BCUT2D eigenvalue weighted by Crippen LogP contribution is -2.34. The van der Waals surface area contributed by atoms with Gasteiger partial charge in [0.05, 0.1) is 7.11 Å². The molecule has 4 heteroatoms. The topological polar surface area (TPSA) is 52.3 Å². The molecule has 2 N–H and O–H groups in total. The van der Waals surface area contributed by atoms with E-state index in [1.807, 2.05) is 18.2 Å². The van der Waals surface area contributed by atoms with Gasteiger partial charge in [-0.1, -0.05) is 30.3 Å². The van der Waals surface area contributed by atoms with Crippen molar-refractivity contribution in [1.29, 1.82) is 0 Å². The van der Waals surface area contributed by atoms with Crippen molar-refractivity contribution < 1.29 is 9.53 Å². The molecular weight excluding hydrogens is 222 g/mol. The van der Waals surface area contributed by atoms with Crippen molar-refractivity contribution in [2.24, 2.45) is 5.73 Å². The molecule has 0 heterocycles. The largest absolute Gasteiger partial charge is 0.468 e. The van der Waals surface area contributed by atoms with E-state index in [1.165, 1.54) is 12.7 Å². The van der Waals surface area contributed by atoms with E-state index in [0.29, 0.717) is 11.0 Å². The van der Waals surface area contributed by atoms with Gasteiger partial charge in [-0.3, -0.25) is 4.79 Å². The second-order valence-electron chi connectivity index (χ2n) is 3.52. The molecule has 0 amide bonds. The lowest BCUT2D eigenvalue weighted by atomic mass is 10.2. The van der Waals surface area contributed by atoms with Crippen molar-refractivity contribution in [3.63, 3.8) is 0 Å². The predicted molar refractivity (Wildman–Crippen MR) is 67.3 cm³/mol. The van der Waals surface area contributed by atoms with Crippen LogP contribution in [0, 0.1) is 0 Å². The Labute approximate surface area is 100 Å². The molecule has 0 spiro atoms. The van der Waals surface area contributed by atoms with E-state index in [9.17, 15) is 4.79 Å². The molecule has 0 unspecified atom stereocenters. The van der Waals surface area contributed by atoms with Gasteiger partial charge in [-0.2, -0.15) is 11.8 Å². The zero-order chi connectivity index (χ0) is 12.0. The number of ether oxygens (including phenoxy) is 1. The Morgan fingerprint density at radius 1 is 1.44 bits per heavy atom. The third-order valence-corrected chi connectivity index (χ3v) is 3.62. The van der Waals surface area contributed by atoms with E-state index in [2.05, 4.69) is 23.8 Å². The molecule has 88 valence electrons. The summed E-state index contributed by atoms with van der Waals surface area (Å²) in [6, 6.07) is 9.60. The average Bonchev–Trinajstić information content (AvgIpc) is 2.35. The molecule has 0 aliphatic carbocycles. The van der Waals surface area contributed by atoms with Gasteiger partial charge in [0.25, 0.3) is 0 Å². The Hall–Kier alpha value is -1.00. The molecule has 0 radical (unpaired) electrons. The number of carbonyl (C=O) groups excluding carboxylic acids is 1. The number of carbonyl (C=O) groups is 1. The zero-order valence-corrected chi connectivity index (χ0v) is 10.4. The van der Waals surface area contributed by atoms with Crippen LogP contribution in [0.25, 0.3) is 0 Å². The average molecular weight is 239 g/mol. The second kappa shape index (κ2) is 6.55. The fourth-order valence-electron chi connectivity index (χ4n) is 1.29. The van der Waals surface area contributed by atoms with Gasteiger partial charge in [-0.15, -0.1) is 0 Å². The number of esters is 1. The molecule has 1 rings (SSSR count). The van der Waals surface area contributed by atoms with Gasteiger partial charge in [0.15, 0.2) is 0 Å². The zero-order valence-electron chi connectivity index (χ0n) is 9.55. The second-order valence-corrected chi connectivity index (χ2v) is 4.89. The smallest absolute Gasteiger partial charge is 0.323 e. The lowest BCUT2D eigenvalue weighted by molar-refractivity contribution is -0.141. The van der Waals surface area contributed by atoms with E-state index in [0.717, 1.165) is 0 Å². The molecule has 3 nitrogen and oxygen atoms in total. The molecular formula is C12H17NO2S. The summed E-state index contributed by atoms with van der Waals surface area (Å²) in [5.41, 5.74) is 6.90. The number of benzene rings is 1. The van der Waals surface area contributed by atoms with Crippen LogP contribution in [-0.2, 0) is 9.53 Å². The quantitative estimate of drug-likeness (QED) is 0.798. The number of nitrogens with two attached hydrogens (primary N) is 1. The number of methoxy groups -OCH3 is 1. The minimum atomic E-state index is -0.541. The molecule has 1 aromatic rings. The first kappa shape index (κ1) is 13.1. The van der Waals surface area contributed by atoms with Crippen molar-refractivity contribution in [2.75, 3.05) is 12.9 Å². The standard InChI is InChI=1S/C12H17NO2S/c1-9(10-6-4-3-5-7-10)16-8-11(13)12(14)15-2/h3-7,9,11H,8,13H2,1-2H3/t9-,11+/m1/s1. The minimum Gasteiger partial charge on any atom is -0.468 e. The highest BCUT2D eigenvalue weighted by molar-refractivity contribution is 7.99. The van der Waals surface area contributed by atoms with Crippen molar-refractivity contribution in [1.82, 2.24) is 0 Å². The molecule has 0 aliphatic rings. The fraction of sp³-hybridized carbons (Fsp3) is 0.417. The van der Waals surface area contributed by atoms with E-state index in [4.69, 9.17) is 5.73 Å². The normalized spacial score (nSPS) is 14.2. The van der Waals surface area contributed by atoms with Gasteiger partial charge in [0.2, 0.25) is 0 Å². The third-order valence-electron chi connectivity index (χ3n) is 2.30. The van der Waals surface area contributed by atoms with Gasteiger partial charge in [-0.05, 0) is 12.5 Å². The van der Waals surface area contributed by atoms with Crippen LogP contribution >= 0.6 is 11.8 Å². The molecule has 2 atom stereocenters. The molecule has 0 saturated carbocycles. The van der Waals surface area contributed by atoms with Crippen LogP contribution < -0.4 is 5.73 Å². The highest BCUT2D eigenvalue weighted by atomic mass is 32.2. The van der Waals surface area contributed by atoms with Gasteiger partial charge in [0, 0.05) is 11.0 Å². The highest BCUT2D eigenvalue weighted by Gasteiger charge is 2.15. The molecule has 0 saturated heterocycles. The number of hydrogen-bond acceptors (Lipinski definition) is 4. The molecule has 0 aromatic heterocycles. The van der Waals surface area contributed by atoms with Gasteiger partial charge in [-0.25, -0.2) is 0 Å². The maximum Gasteiger partial charge on any atom is 0.323 e. The van der Waals surface area contributed by atoms with Crippen LogP contribution in [0.4, 0.5) is 0 Å². The SMILES string of the molecule is COC(=O)[C@@H](N)CS[C@H](C)c1ccccc1. The lowest BCUT2D eigenvalue weighted by Gasteiger charge is -2.14. The van der Waals surface area contributed by atoms with E-state index in [1.54, 1.807) is 11.8 Å². The summed E-state index contributed by atoms with van der Waals surface area (Å²) in [7, 11) is 1.35. The summed E-state index contributed by atoms with van der Waals surface area (Å²) in [5, 5.41) is 0.330. The fourth-order valence-corrected chi connectivity index (χ4v) is 2.27. The maximum absolute atomic E-state index is 11.1. The summed E-state index contributed by atoms with van der Waals surface area (Å²) < 4.78 is 4.57. The van der Waals surface area contributed by atoms with Crippen molar-refractivity contribution >= 4 is 17.7 Å². The molecule has 0 fully saturated rings. The first-order chi connectivity index (χ1) is 7.65.